The molecule has 0 unspecified atom stereocenters. The van der Waals surface area contributed by atoms with E-state index in [9.17, 15) is 4.79 Å². The fourth-order valence-electron chi connectivity index (χ4n) is 3.57. The van der Waals surface area contributed by atoms with Gasteiger partial charge in [-0.25, -0.2) is 4.98 Å². The summed E-state index contributed by atoms with van der Waals surface area (Å²) in [6.07, 6.45) is 3.57. The van der Waals surface area contributed by atoms with Gasteiger partial charge < -0.3 is 19.4 Å². The molecule has 0 aliphatic heterocycles. The predicted octanol–water partition coefficient (Wildman–Crippen LogP) is 3.81. The van der Waals surface area contributed by atoms with Crippen molar-refractivity contribution in [2.75, 3.05) is 14.2 Å². The van der Waals surface area contributed by atoms with Crippen molar-refractivity contribution >= 4 is 16.8 Å². The summed E-state index contributed by atoms with van der Waals surface area (Å²) in [6, 6.07) is 14.6. The van der Waals surface area contributed by atoms with E-state index in [-0.39, 0.29) is 5.91 Å². The van der Waals surface area contributed by atoms with Crippen molar-refractivity contribution in [3.63, 3.8) is 0 Å². The summed E-state index contributed by atoms with van der Waals surface area (Å²) in [4.78, 5) is 22.4. The first-order valence-corrected chi connectivity index (χ1v) is 9.87. The lowest BCUT2D eigenvalue weighted by atomic mass is 10.0. The van der Waals surface area contributed by atoms with Crippen molar-refractivity contribution in [1.82, 2.24) is 19.9 Å². The third kappa shape index (κ3) is 4.07. The van der Waals surface area contributed by atoms with E-state index in [1.807, 2.05) is 73.3 Å². The predicted molar refractivity (Wildman–Crippen MR) is 119 cm³/mol. The Morgan fingerprint density at radius 3 is 2.39 bits per heavy atom. The number of nitrogens with zero attached hydrogens (tertiary/aromatic N) is 3. The van der Waals surface area contributed by atoms with Crippen LogP contribution in [0.25, 0.3) is 10.9 Å². The maximum Gasteiger partial charge on any atom is 0.253 e. The molecule has 0 saturated carbocycles. The van der Waals surface area contributed by atoms with Crippen molar-refractivity contribution in [1.29, 1.82) is 0 Å². The normalized spacial score (nSPS) is 11.9. The first kappa shape index (κ1) is 20.4. The molecule has 0 aliphatic carbocycles. The Morgan fingerprint density at radius 1 is 1.03 bits per heavy atom. The zero-order chi connectivity index (χ0) is 22.0. The summed E-state index contributed by atoms with van der Waals surface area (Å²) in [6.45, 7) is 1.84. The van der Waals surface area contributed by atoms with Gasteiger partial charge in [-0.05, 0) is 48.9 Å². The number of fused-ring (bicyclic) bond motifs is 1. The number of carbonyl (C=O) groups is 1. The fourth-order valence-corrected chi connectivity index (χ4v) is 3.57. The lowest BCUT2D eigenvalue weighted by Gasteiger charge is -2.20. The number of nitrogens with one attached hydrogen (secondary N) is 1. The van der Waals surface area contributed by atoms with Crippen LogP contribution in [0, 0.1) is 6.92 Å². The molecule has 31 heavy (non-hydrogen) atoms. The van der Waals surface area contributed by atoms with Gasteiger partial charge in [-0.3, -0.25) is 9.78 Å². The quantitative estimate of drug-likeness (QED) is 0.517. The molecule has 1 N–H and O–H groups in total. The minimum atomic E-state index is -0.432. The minimum Gasteiger partial charge on any atom is -0.497 e. The zero-order valence-electron chi connectivity index (χ0n) is 17.9. The van der Waals surface area contributed by atoms with Crippen LogP contribution < -0.4 is 14.8 Å². The number of ether oxygens (including phenoxy) is 2. The van der Waals surface area contributed by atoms with Gasteiger partial charge in [-0.1, -0.05) is 12.1 Å². The van der Waals surface area contributed by atoms with E-state index in [2.05, 4.69) is 15.3 Å². The lowest BCUT2D eigenvalue weighted by Crippen LogP contribution is -2.31. The van der Waals surface area contributed by atoms with E-state index in [0.29, 0.717) is 17.0 Å². The maximum absolute atomic E-state index is 13.3. The number of pyridine rings is 1. The van der Waals surface area contributed by atoms with Crippen LogP contribution in [0.4, 0.5) is 0 Å². The molecule has 1 atom stereocenters. The molecule has 1 amide bonds. The number of hydrogen-bond acceptors (Lipinski definition) is 5. The molecule has 2 aromatic heterocycles. The average Bonchev–Trinajstić information content (AvgIpc) is 3.22. The van der Waals surface area contributed by atoms with Crippen molar-refractivity contribution in [2.24, 2.45) is 7.05 Å². The third-order valence-electron chi connectivity index (χ3n) is 5.30. The van der Waals surface area contributed by atoms with Gasteiger partial charge in [-0.15, -0.1) is 0 Å². The van der Waals surface area contributed by atoms with E-state index in [4.69, 9.17) is 9.47 Å². The van der Waals surface area contributed by atoms with E-state index >= 15 is 0 Å². The monoisotopic (exact) mass is 416 g/mol. The van der Waals surface area contributed by atoms with E-state index < -0.39 is 6.04 Å². The molecule has 4 aromatic rings. The smallest absolute Gasteiger partial charge is 0.253 e. The number of aromatic nitrogens is 3. The highest BCUT2D eigenvalue weighted by atomic mass is 16.5. The van der Waals surface area contributed by atoms with Crippen LogP contribution in [0.2, 0.25) is 0 Å². The molecule has 0 bridgehead atoms. The SMILES string of the molecule is COc1ccc([C@@H](NC(=O)c2cc3cc(OC)ccc3nc2C)c2nccn2C)cc1. The number of rotatable bonds is 6. The fraction of sp³-hybridized carbons (Fsp3) is 0.208. The molecule has 4 rings (SSSR count). The molecule has 0 saturated heterocycles. The Hall–Kier alpha value is -3.87. The van der Waals surface area contributed by atoms with Gasteiger partial charge in [0.2, 0.25) is 0 Å². The van der Waals surface area contributed by atoms with Crippen LogP contribution in [-0.4, -0.2) is 34.7 Å². The maximum atomic E-state index is 13.3. The molecule has 0 fully saturated rings. The molecule has 0 spiro atoms. The van der Waals surface area contributed by atoms with Crippen LogP contribution in [-0.2, 0) is 7.05 Å². The second-order valence-electron chi connectivity index (χ2n) is 7.26. The van der Waals surface area contributed by atoms with Crippen molar-refractivity contribution in [3.8, 4) is 11.5 Å². The number of methoxy groups -OCH3 is 2. The number of carbonyl (C=O) groups excluding carboxylic acids is 1. The number of amides is 1. The first-order chi connectivity index (χ1) is 15.0. The molecule has 7 nitrogen and oxygen atoms in total. The molecule has 2 aromatic carbocycles. The minimum absolute atomic E-state index is 0.224. The standard InChI is InChI=1S/C24H24N4O3/c1-15-20(14-17-13-19(31-4)9-10-21(17)26-15)24(29)27-22(23-25-11-12-28(23)2)16-5-7-18(30-3)8-6-16/h5-14,22H,1-4H3,(H,27,29)/t22-/m1/s1. The number of aryl methyl sites for hydroxylation is 2. The van der Waals surface area contributed by atoms with Crippen LogP contribution in [0.1, 0.15) is 33.5 Å². The Morgan fingerprint density at radius 2 is 1.74 bits per heavy atom. The summed E-state index contributed by atoms with van der Waals surface area (Å²) >= 11 is 0. The van der Waals surface area contributed by atoms with Crippen molar-refractivity contribution in [2.45, 2.75) is 13.0 Å². The number of hydrogen-bond donors (Lipinski definition) is 1. The first-order valence-electron chi connectivity index (χ1n) is 9.87. The zero-order valence-corrected chi connectivity index (χ0v) is 17.9. The molecule has 7 heteroatoms. The second kappa shape index (κ2) is 8.47. The Kier molecular flexibility index (Phi) is 5.58. The van der Waals surface area contributed by atoms with Gasteiger partial charge in [0.05, 0.1) is 31.0 Å². The number of imidazole rings is 1. The van der Waals surface area contributed by atoms with Gasteiger partial charge >= 0.3 is 0 Å². The summed E-state index contributed by atoms with van der Waals surface area (Å²) in [5, 5.41) is 3.97. The van der Waals surface area contributed by atoms with E-state index in [0.717, 1.165) is 28.0 Å². The van der Waals surface area contributed by atoms with Gasteiger partial charge in [0.25, 0.3) is 5.91 Å². The summed E-state index contributed by atoms with van der Waals surface area (Å²) in [7, 11) is 5.14. The Labute approximate surface area is 180 Å². The summed E-state index contributed by atoms with van der Waals surface area (Å²) in [5.74, 6) is 1.97. The van der Waals surface area contributed by atoms with Gasteiger partial charge in [0.1, 0.15) is 23.4 Å². The number of benzene rings is 2. The average molecular weight is 416 g/mol. The van der Waals surface area contributed by atoms with Crippen molar-refractivity contribution < 1.29 is 14.3 Å². The largest absolute Gasteiger partial charge is 0.497 e. The summed E-state index contributed by atoms with van der Waals surface area (Å²) in [5.41, 5.74) is 2.87. The van der Waals surface area contributed by atoms with Gasteiger partial charge in [0, 0.05) is 24.8 Å². The molecular weight excluding hydrogens is 392 g/mol. The van der Waals surface area contributed by atoms with Gasteiger partial charge in [0.15, 0.2) is 0 Å². The highest BCUT2D eigenvalue weighted by molar-refractivity contribution is 5.99. The van der Waals surface area contributed by atoms with E-state index in [1.165, 1.54) is 0 Å². The topological polar surface area (TPSA) is 78.3 Å². The molecule has 158 valence electrons. The molecule has 2 heterocycles. The van der Waals surface area contributed by atoms with Crippen LogP contribution in [0.5, 0.6) is 11.5 Å². The molecule has 0 radical (unpaired) electrons. The van der Waals surface area contributed by atoms with Gasteiger partial charge in [-0.2, -0.15) is 0 Å². The Bertz CT molecular complexity index is 1230. The lowest BCUT2D eigenvalue weighted by molar-refractivity contribution is 0.0940. The van der Waals surface area contributed by atoms with Crippen LogP contribution in [0.3, 0.4) is 0 Å². The summed E-state index contributed by atoms with van der Waals surface area (Å²) < 4.78 is 12.5. The van der Waals surface area contributed by atoms with Crippen LogP contribution in [0.15, 0.2) is 60.9 Å². The Balaban J connectivity index is 1.72. The molecular formula is C24H24N4O3. The van der Waals surface area contributed by atoms with Crippen molar-refractivity contribution in [3.05, 3.63) is 83.6 Å². The van der Waals surface area contributed by atoms with Crippen LogP contribution >= 0.6 is 0 Å². The second-order valence-corrected chi connectivity index (χ2v) is 7.26. The highest BCUT2D eigenvalue weighted by Crippen LogP contribution is 2.25. The molecule has 0 aliphatic rings. The van der Waals surface area contributed by atoms with E-state index in [1.54, 1.807) is 20.4 Å². The highest BCUT2D eigenvalue weighted by Gasteiger charge is 2.23. The third-order valence-corrected chi connectivity index (χ3v) is 5.30.